The number of fused-ring (bicyclic) bond motifs is 1. The zero-order chi connectivity index (χ0) is 12.4. The third kappa shape index (κ3) is 2.65. The van der Waals surface area contributed by atoms with E-state index in [4.69, 9.17) is 11.6 Å². The lowest BCUT2D eigenvalue weighted by atomic mass is 9.91. The Hall–Kier alpha value is -1.12. The van der Waals surface area contributed by atoms with Crippen molar-refractivity contribution in [2.45, 2.75) is 19.3 Å². The fourth-order valence-corrected chi connectivity index (χ4v) is 2.84. The van der Waals surface area contributed by atoms with Crippen molar-refractivity contribution in [2.24, 2.45) is 5.92 Å². The molecule has 0 amide bonds. The van der Waals surface area contributed by atoms with Gasteiger partial charge in [0.05, 0.1) is 5.52 Å². The monoisotopic (exact) mass is 260 g/mol. The topological polar surface area (TPSA) is 24.9 Å². The molecule has 18 heavy (non-hydrogen) atoms. The fourth-order valence-electron chi connectivity index (χ4n) is 2.67. The van der Waals surface area contributed by atoms with Crippen molar-refractivity contribution in [3.05, 3.63) is 41.0 Å². The lowest BCUT2D eigenvalue weighted by molar-refractivity contribution is 0.372. The summed E-state index contributed by atoms with van der Waals surface area (Å²) >= 11 is 5.97. The molecular weight excluding hydrogens is 244 g/mol. The molecule has 1 fully saturated rings. The number of halogens is 1. The van der Waals surface area contributed by atoms with Crippen LogP contribution in [0.3, 0.4) is 0 Å². The number of benzene rings is 1. The molecule has 3 heteroatoms. The van der Waals surface area contributed by atoms with E-state index >= 15 is 0 Å². The average molecular weight is 261 g/mol. The van der Waals surface area contributed by atoms with Gasteiger partial charge in [0, 0.05) is 16.6 Å². The van der Waals surface area contributed by atoms with Gasteiger partial charge >= 0.3 is 0 Å². The standard InChI is InChI=1S/C15H17ClN2/c16-14-2-1-13-8-12(10-18-15(13)9-14)7-11-3-5-17-6-4-11/h1-2,8-11,17H,3-7H2. The lowest BCUT2D eigenvalue weighted by Gasteiger charge is -2.22. The van der Waals surface area contributed by atoms with Crippen LogP contribution in [0.15, 0.2) is 30.5 Å². The van der Waals surface area contributed by atoms with Gasteiger partial charge in [0.15, 0.2) is 0 Å². The Morgan fingerprint density at radius 2 is 2.06 bits per heavy atom. The second-order valence-electron chi connectivity index (χ2n) is 5.08. The van der Waals surface area contributed by atoms with E-state index in [9.17, 15) is 0 Å². The van der Waals surface area contributed by atoms with Crippen molar-refractivity contribution < 1.29 is 0 Å². The quantitative estimate of drug-likeness (QED) is 0.895. The molecule has 1 aliphatic heterocycles. The molecule has 94 valence electrons. The van der Waals surface area contributed by atoms with Gasteiger partial charge in [0.2, 0.25) is 0 Å². The van der Waals surface area contributed by atoms with Crippen LogP contribution in [0, 0.1) is 5.92 Å². The molecule has 0 radical (unpaired) electrons. The molecule has 3 rings (SSSR count). The molecule has 0 bridgehead atoms. The highest BCUT2D eigenvalue weighted by atomic mass is 35.5. The van der Waals surface area contributed by atoms with Gasteiger partial charge in [0.25, 0.3) is 0 Å². The first kappa shape index (κ1) is 11.9. The summed E-state index contributed by atoms with van der Waals surface area (Å²) in [4.78, 5) is 4.51. The molecule has 0 unspecified atom stereocenters. The Morgan fingerprint density at radius 3 is 2.89 bits per heavy atom. The van der Waals surface area contributed by atoms with Crippen molar-refractivity contribution in [1.82, 2.24) is 10.3 Å². The second kappa shape index (κ2) is 5.25. The van der Waals surface area contributed by atoms with Crippen molar-refractivity contribution in [3.63, 3.8) is 0 Å². The first-order valence-electron chi connectivity index (χ1n) is 6.56. The van der Waals surface area contributed by atoms with E-state index in [-0.39, 0.29) is 0 Å². The normalized spacial score (nSPS) is 17.2. The average Bonchev–Trinajstić information content (AvgIpc) is 2.40. The van der Waals surface area contributed by atoms with Crippen LogP contribution in [0.1, 0.15) is 18.4 Å². The number of hydrogen-bond donors (Lipinski definition) is 1. The van der Waals surface area contributed by atoms with Gasteiger partial charge in [-0.15, -0.1) is 0 Å². The van der Waals surface area contributed by atoms with Crippen LogP contribution in [-0.4, -0.2) is 18.1 Å². The van der Waals surface area contributed by atoms with E-state index in [0.29, 0.717) is 0 Å². The van der Waals surface area contributed by atoms with Gasteiger partial charge in [-0.1, -0.05) is 17.7 Å². The summed E-state index contributed by atoms with van der Waals surface area (Å²) in [5.41, 5.74) is 2.33. The van der Waals surface area contributed by atoms with E-state index in [1.807, 2.05) is 18.3 Å². The van der Waals surface area contributed by atoms with Crippen molar-refractivity contribution in [3.8, 4) is 0 Å². The SMILES string of the molecule is Clc1ccc2cc(CC3CCNCC3)cnc2c1. The minimum Gasteiger partial charge on any atom is -0.317 e. The van der Waals surface area contributed by atoms with Gasteiger partial charge in [-0.05, 0) is 62.0 Å². The highest BCUT2D eigenvalue weighted by Gasteiger charge is 2.13. The maximum atomic E-state index is 5.97. The Bertz CT molecular complexity index is 547. The molecule has 1 N–H and O–H groups in total. The van der Waals surface area contributed by atoms with Crippen LogP contribution in [-0.2, 0) is 6.42 Å². The molecule has 0 saturated carbocycles. The van der Waals surface area contributed by atoms with Gasteiger partial charge in [-0.25, -0.2) is 0 Å². The summed E-state index contributed by atoms with van der Waals surface area (Å²) in [6.07, 6.45) is 5.70. The number of pyridine rings is 1. The Morgan fingerprint density at radius 1 is 1.22 bits per heavy atom. The first-order chi connectivity index (χ1) is 8.81. The molecule has 1 aliphatic rings. The van der Waals surface area contributed by atoms with Gasteiger partial charge in [-0.2, -0.15) is 0 Å². The van der Waals surface area contributed by atoms with Crippen LogP contribution in [0.2, 0.25) is 5.02 Å². The molecule has 1 saturated heterocycles. The van der Waals surface area contributed by atoms with Gasteiger partial charge in [-0.3, -0.25) is 4.98 Å². The summed E-state index contributed by atoms with van der Waals surface area (Å²) in [6.45, 7) is 2.31. The van der Waals surface area contributed by atoms with E-state index in [0.717, 1.165) is 36.0 Å². The van der Waals surface area contributed by atoms with Crippen molar-refractivity contribution >= 4 is 22.5 Å². The number of rotatable bonds is 2. The fraction of sp³-hybridized carbons (Fsp3) is 0.400. The molecule has 2 nitrogen and oxygen atoms in total. The Labute approximate surface area is 112 Å². The molecule has 1 aromatic carbocycles. The third-order valence-corrected chi connectivity index (χ3v) is 3.92. The van der Waals surface area contributed by atoms with Crippen LogP contribution in [0.4, 0.5) is 0 Å². The maximum Gasteiger partial charge on any atom is 0.0716 e. The second-order valence-corrected chi connectivity index (χ2v) is 5.51. The maximum absolute atomic E-state index is 5.97. The highest BCUT2D eigenvalue weighted by molar-refractivity contribution is 6.31. The van der Waals surface area contributed by atoms with E-state index < -0.39 is 0 Å². The number of hydrogen-bond acceptors (Lipinski definition) is 2. The van der Waals surface area contributed by atoms with Gasteiger partial charge in [0.1, 0.15) is 0 Å². The van der Waals surface area contributed by atoms with Crippen LogP contribution < -0.4 is 5.32 Å². The zero-order valence-electron chi connectivity index (χ0n) is 10.3. The minimum atomic E-state index is 0.751. The molecule has 1 aromatic heterocycles. The van der Waals surface area contributed by atoms with Gasteiger partial charge < -0.3 is 5.32 Å². The predicted molar refractivity (Wildman–Crippen MR) is 76.1 cm³/mol. The smallest absolute Gasteiger partial charge is 0.0716 e. The summed E-state index contributed by atoms with van der Waals surface area (Å²) in [5.74, 6) is 0.804. The summed E-state index contributed by atoms with van der Waals surface area (Å²) in [7, 11) is 0. The molecule has 0 aliphatic carbocycles. The van der Waals surface area contributed by atoms with E-state index in [1.54, 1.807) is 0 Å². The number of nitrogens with zero attached hydrogens (tertiary/aromatic N) is 1. The summed E-state index contributed by atoms with van der Waals surface area (Å²) < 4.78 is 0. The molecular formula is C15H17ClN2. The Balaban J connectivity index is 1.82. The molecule has 0 spiro atoms. The molecule has 2 aromatic rings. The summed E-state index contributed by atoms with van der Waals surface area (Å²) in [5, 5.41) is 5.34. The molecule has 2 heterocycles. The number of aromatic nitrogens is 1. The third-order valence-electron chi connectivity index (χ3n) is 3.69. The van der Waals surface area contributed by atoms with Crippen molar-refractivity contribution in [2.75, 3.05) is 13.1 Å². The zero-order valence-corrected chi connectivity index (χ0v) is 11.1. The lowest BCUT2D eigenvalue weighted by Crippen LogP contribution is -2.28. The van der Waals surface area contributed by atoms with Crippen molar-refractivity contribution in [1.29, 1.82) is 0 Å². The largest absolute Gasteiger partial charge is 0.317 e. The highest BCUT2D eigenvalue weighted by Crippen LogP contribution is 2.22. The predicted octanol–water partition coefficient (Wildman–Crippen LogP) is 3.43. The minimum absolute atomic E-state index is 0.751. The van der Waals surface area contributed by atoms with E-state index in [1.165, 1.54) is 23.8 Å². The molecule has 0 atom stereocenters. The number of piperidine rings is 1. The van der Waals surface area contributed by atoms with Crippen LogP contribution in [0.25, 0.3) is 10.9 Å². The van der Waals surface area contributed by atoms with Crippen LogP contribution >= 0.6 is 11.6 Å². The Kier molecular flexibility index (Phi) is 3.48. The number of nitrogens with one attached hydrogen (secondary N) is 1. The summed E-state index contributed by atoms with van der Waals surface area (Å²) in [6, 6.07) is 8.16. The first-order valence-corrected chi connectivity index (χ1v) is 6.94. The van der Waals surface area contributed by atoms with Crippen LogP contribution in [0.5, 0.6) is 0 Å². The van der Waals surface area contributed by atoms with E-state index in [2.05, 4.69) is 22.4 Å².